The van der Waals surface area contributed by atoms with E-state index < -0.39 is 11.7 Å². The lowest BCUT2D eigenvalue weighted by Gasteiger charge is -2.31. The van der Waals surface area contributed by atoms with Gasteiger partial charge in [0, 0.05) is 26.1 Å². The van der Waals surface area contributed by atoms with Crippen LogP contribution >= 0.6 is 0 Å². The maximum Gasteiger partial charge on any atom is 0.350 e. The van der Waals surface area contributed by atoms with Gasteiger partial charge >= 0.3 is 5.69 Å². The highest BCUT2D eigenvalue weighted by Crippen LogP contribution is 2.27. The molecule has 1 saturated heterocycles. The number of hydrogen-bond acceptors (Lipinski definition) is 5. The Morgan fingerprint density at radius 2 is 1.93 bits per heavy atom. The first-order valence-corrected chi connectivity index (χ1v) is 9.14. The largest absolute Gasteiger partial charge is 0.461 e. The number of furan rings is 1. The van der Waals surface area contributed by atoms with Crippen LogP contribution in [0.25, 0.3) is 5.69 Å². The van der Waals surface area contributed by atoms with Gasteiger partial charge in [0.25, 0.3) is 11.7 Å². The maximum absolute atomic E-state index is 12.6. The number of aryl methyl sites for hydroxylation is 1. The van der Waals surface area contributed by atoms with Crippen LogP contribution in [0.3, 0.4) is 0 Å². The first-order valence-electron chi connectivity index (χ1n) is 9.14. The molecule has 0 radical (unpaired) electrons. The number of carbonyl (C=O) groups excluding carboxylic acids is 2. The second-order valence-electron chi connectivity index (χ2n) is 6.83. The molecule has 1 amide bonds. The number of nitrogens with zero attached hydrogens (tertiary/aromatic N) is 4. The van der Waals surface area contributed by atoms with Crippen molar-refractivity contribution in [3.05, 3.63) is 70.8 Å². The van der Waals surface area contributed by atoms with Crippen LogP contribution in [0.15, 0.2) is 57.9 Å². The molecule has 1 fully saturated rings. The third-order valence-corrected chi connectivity index (χ3v) is 4.98. The average Bonchev–Trinajstić information content (AvgIpc) is 3.37. The smallest absolute Gasteiger partial charge is 0.350 e. The summed E-state index contributed by atoms with van der Waals surface area (Å²) in [6.45, 7) is 0.818. The van der Waals surface area contributed by atoms with Gasteiger partial charge in [0.15, 0.2) is 5.76 Å². The Balaban J connectivity index is 1.62. The number of aromatic nitrogens is 3. The molecule has 1 atom stereocenters. The van der Waals surface area contributed by atoms with Crippen molar-refractivity contribution in [1.29, 1.82) is 0 Å². The molecule has 8 heteroatoms. The second kappa shape index (κ2) is 7.30. The second-order valence-corrected chi connectivity index (χ2v) is 6.83. The van der Waals surface area contributed by atoms with Crippen LogP contribution in [0.2, 0.25) is 0 Å². The number of likely N-dealkylation sites (tertiary alicyclic amines) is 1. The molecule has 0 bridgehead atoms. The predicted molar refractivity (Wildman–Crippen MR) is 100 cm³/mol. The summed E-state index contributed by atoms with van der Waals surface area (Å²) < 4.78 is 7.94. The van der Waals surface area contributed by atoms with Crippen LogP contribution in [0, 0.1) is 0 Å². The number of carbonyl (C=O) groups is 2. The van der Waals surface area contributed by atoms with E-state index >= 15 is 0 Å². The summed E-state index contributed by atoms with van der Waals surface area (Å²) in [4.78, 5) is 39.1. The first-order chi connectivity index (χ1) is 13.6. The SMILES string of the molecule is Cn1nc([C@@H]2CCCN(C(=O)C(=O)c3ccco3)C2)n(-c2ccccc2)c1=O. The Hall–Kier alpha value is -3.42. The molecule has 28 heavy (non-hydrogen) atoms. The van der Waals surface area contributed by atoms with Crippen LogP contribution in [-0.4, -0.2) is 44.0 Å². The van der Waals surface area contributed by atoms with E-state index in [1.54, 1.807) is 17.7 Å². The third kappa shape index (κ3) is 3.17. The van der Waals surface area contributed by atoms with Gasteiger partial charge in [-0.25, -0.2) is 14.0 Å². The van der Waals surface area contributed by atoms with E-state index in [1.807, 2.05) is 30.3 Å². The molecule has 4 rings (SSSR count). The minimum Gasteiger partial charge on any atom is -0.461 e. The van der Waals surface area contributed by atoms with E-state index in [9.17, 15) is 14.4 Å². The Morgan fingerprint density at radius 3 is 2.64 bits per heavy atom. The van der Waals surface area contributed by atoms with Gasteiger partial charge in [0.2, 0.25) is 0 Å². The van der Waals surface area contributed by atoms with Gasteiger partial charge in [-0.05, 0) is 37.1 Å². The quantitative estimate of drug-likeness (QED) is 0.508. The molecule has 0 N–H and O–H groups in total. The molecule has 0 spiro atoms. The molecule has 2 aromatic heterocycles. The molecule has 0 unspecified atom stereocenters. The number of hydrogen-bond donors (Lipinski definition) is 0. The Labute approximate surface area is 161 Å². The van der Waals surface area contributed by atoms with Crippen molar-refractivity contribution in [3.8, 4) is 5.69 Å². The monoisotopic (exact) mass is 380 g/mol. The van der Waals surface area contributed by atoms with Crippen molar-refractivity contribution in [3.63, 3.8) is 0 Å². The van der Waals surface area contributed by atoms with E-state index in [0.29, 0.717) is 18.9 Å². The van der Waals surface area contributed by atoms with Gasteiger partial charge in [-0.1, -0.05) is 18.2 Å². The van der Waals surface area contributed by atoms with Crippen molar-refractivity contribution >= 4 is 11.7 Å². The van der Waals surface area contributed by atoms with E-state index in [-0.39, 0.29) is 17.4 Å². The number of para-hydroxylation sites is 1. The van der Waals surface area contributed by atoms with Gasteiger partial charge in [-0.2, -0.15) is 5.10 Å². The minimum absolute atomic E-state index is 0.0335. The number of benzene rings is 1. The van der Waals surface area contributed by atoms with Gasteiger partial charge in [-0.3, -0.25) is 9.59 Å². The van der Waals surface area contributed by atoms with Crippen molar-refractivity contribution in [1.82, 2.24) is 19.2 Å². The molecule has 3 aromatic rings. The highest BCUT2D eigenvalue weighted by molar-refractivity contribution is 6.41. The van der Waals surface area contributed by atoms with Crippen molar-refractivity contribution in [2.75, 3.05) is 13.1 Å². The zero-order valence-electron chi connectivity index (χ0n) is 15.4. The topological polar surface area (TPSA) is 90.3 Å². The molecule has 144 valence electrons. The molecular weight excluding hydrogens is 360 g/mol. The van der Waals surface area contributed by atoms with Crippen LogP contribution in [-0.2, 0) is 11.8 Å². The Morgan fingerprint density at radius 1 is 1.14 bits per heavy atom. The molecule has 3 heterocycles. The number of amides is 1. The van der Waals surface area contributed by atoms with Crippen molar-refractivity contribution in [2.45, 2.75) is 18.8 Å². The van der Waals surface area contributed by atoms with E-state index in [2.05, 4.69) is 5.10 Å². The van der Waals surface area contributed by atoms with Crippen LogP contribution in [0.1, 0.15) is 35.1 Å². The summed E-state index contributed by atoms with van der Waals surface area (Å²) in [6.07, 6.45) is 2.87. The molecular formula is C20H20N4O4. The standard InChI is InChI=1S/C20H20N4O4/c1-22-20(27)24(15-8-3-2-4-9-15)18(21-22)14-7-5-11-23(13-14)19(26)17(25)16-10-6-12-28-16/h2-4,6,8-10,12,14H,5,7,11,13H2,1H3/t14-/m1/s1. The lowest BCUT2D eigenvalue weighted by Crippen LogP contribution is -2.43. The van der Waals surface area contributed by atoms with E-state index in [1.165, 1.54) is 21.9 Å². The summed E-state index contributed by atoms with van der Waals surface area (Å²) in [5, 5.41) is 4.42. The maximum atomic E-state index is 12.6. The lowest BCUT2D eigenvalue weighted by molar-refractivity contribution is -0.127. The minimum atomic E-state index is -0.660. The number of Topliss-reactive ketones (excluding diaryl/α,β-unsaturated/α-hetero) is 1. The normalized spacial score (nSPS) is 16.9. The van der Waals surface area contributed by atoms with E-state index in [4.69, 9.17) is 4.42 Å². The van der Waals surface area contributed by atoms with Crippen molar-refractivity contribution in [2.24, 2.45) is 7.05 Å². The van der Waals surface area contributed by atoms with Crippen LogP contribution in [0.5, 0.6) is 0 Å². The fourth-order valence-electron chi connectivity index (χ4n) is 3.60. The zero-order valence-corrected chi connectivity index (χ0v) is 15.4. The first kappa shape index (κ1) is 18.0. The summed E-state index contributed by atoms with van der Waals surface area (Å²) in [5.74, 6) is -0.764. The molecule has 1 aromatic carbocycles. The van der Waals surface area contributed by atoms with Gasteiger partial charge in [-0.15, -0.1) is 0 Å². The summed E-state index contributed by atoms with van der Waals surface area (Å²) in [5.41, 5.74) is 0.488. The number of rotatable bonds is 4. The van der Waals surface area contributed by atoms with Gasteiger partial charge in [0.05, 0.1) is 12.0 Å². The Bertz CT molecular complexity index is 1050. The highest BCUT2D eigenvalue weighted by atomic mass is 16.3. The van der Waals surface area contributed by atoms with E-state index in [0.717, 1.165) is 18.5 Å². The summed E-state index contributed by atoms with van der Waals surface area (Å²) >= 11 is 0. The fraction of sp³-hybridized carbons (Fsp3) is 0.300. The van der Waals surface area contributed by atoms with Gasteiger partial charge in [0.1, 0.15) is 5.82 Å². The molecule has 1 aliphatic rings. The van der Waals surface area contributed by atoms with Crippen LogP contribution in [0.4, 0.5) is 0 Å². The Kier molecular flexibility index (Phi) is 4.68. The van der Waals surface area contributed by atoms with Crippen LogP contribution < -0.4 is 5.69 Å². The molecule has 0 aliphatic carbocycles. The molecule has 1 aliphatic heterocycles. The summed E-state index contributed by atoms with van der Waals surface area (Å²) in [7, 11) is 1.61. The van der Waals surface area contributed by atoms with Gasteiger partial charge < -0.3 is 9.32 Å². The zero-order chi connectivity index (χ0) is 19.7. The number of ketones is 1. The fourth-order valence-corrected chi connectivity index (χ4v) is 3.60. The molecule has 8 nitrogen and oxygen atoms in total. The molecule has 0 saturated carbocycles. The number of piperidine rings is 1. The average molecular weight is 380 g/mol. The summed E-state index contributed by atoms with van der Waals surface area (Å²) in [6, 6.07) is 12.3. The highest BCUT2D eigenvalue weighted by Gasteiger charge is 2.33. The lowest BCUT2D eigenvalue weighted by atomic mass is 9.96. The third-order valence-electron chi connectivity index (χ3n) is 4.98. The predicted octanol–water partition coefficient (Wildman–Crippen LogP) is 1.75. The van der Waals surface area contributed by atoms with Crippen molar-refractivity contribution < 1.29 is 14.0 Å².